The molecule has 0 saturated heterocycles. The lowest BCUT2D eigenvalue weighted by molar-refractivity contribution is 0.0601. The Bertz CT molecular complexity index is 1290. The number of methoxy groups -OCH3 is 1. The third-order valence-corrected chi connectivity index (χ3v) is 4.81. The number of carbonyl (C=O) groups excluding carboxylic acids is 1. The van der Waals surface area contributed by atoms with Crippen LogP contribution < -0.4 is 15.2 Å². The highest BCUT2D eigenvalue weighted by molar-refractivity contribution is 5.93. The van der Waals surface area contributed by atoms with Crippen LogP contribution in [0.3, 0.4) is 0 Å². The number of hydrogen-bond acceptors (Lipinski definition) is 6. The summed E-state index contributed by atoms with van der Waals surface area (Å²) in [4.78, 5) is 33.6. The number of nitrogens with one attached hydrogen (secondary N) is 1. The van der Waals surface area contributed by atoms with Crippen LogP contribution in [0.4, 0.5) is 5.69 Å². The van der Waals surface area contributed by atoms with E-state index in [1.165, 1.54) is 7.11 Å². The van der Waals surface area contributed by atoms with E-state index in [2.05, 4.69) is 9.97 Å². The number of esters is 1. The highest BCUT2D eigenvalue weighted by atomic mass is 16.5. The van der Waals surface area contributed by atoms with Crippen molar-refractivity contribution in [3.63, 3.8) is 0 Å². The Kier molecular flexibility index (Phi) is 5.66. The van der Waals surface area contributed by atoms with Gasteiger partial charge in [-0.2, -0.15) is 0 Å². The third kappa shape index (κ3) is 4.40. The molecule has 0 spiro atoms. The van der Waals surface area contributed by atoms with Gasteiger partial charge in [0.25, 0.3) is 5.56 Å². The number of nitrogens with zero attached hydrogens (tertiary/aromatic N) is 2. The number of para-hydroxylation sites is 3. The van der Waals surface area contributed by atoms with Crippen LogP contribution in [0.2, 0.25) is 0 Å². The van der Waals surface area contributed by atoms with Gasteiger partial charge >= 0.3 is 5.97 Å². The lowest BCUT2D eigenvalue weighted by atomic mass is 10.1. The van der Waals surface area contributed by atoms with Gasteiger partial charge in [0.05, 0.1) is 35.8 Å². The second kappa shape index (κ2) is 8.71. The normalized spacial score (nSPS) is 10.6. The lowest BCUT2D eigenvalue weighted by Gasteiger charge is -2.22. The number of rotatable bonds is 6. The van der Waals surface area contributed by atoms with Crippen molar-refractivity contribution in [2.24, 2.45) is 0 Å². The molecule has 1 heterocycles. The molecule has 0 bridgehead atoms. The monoisotopic (exact) mass is 415 g/mol. The molecule has 0 radical (unpaired) electrons. The molecule has 4 aromatic rings. The average Bonchev–Trinajstić information content (AvgIpc) is 2.79. The minimum atomic E-state index is -0.477. The molecule has 7 nitrogen and oxygen atoms in total. The van der Waals surface area contributed by atoms with Gasteiger partial charge in [-0.05, 0) is 42.5 Å². The molecule has 4 rings (SSSR count). The summed E-state index contributed by atoms with van der Waals surface area (Å²) >= 11 is 0. The first-order valence-corrected chi connectivity index (χ1v) is 9.69. The molecule has 0 amide bonds. The number of hydrogen-bond donors (Lipinski definition) is 1. The van der Waals surface area contributed by atoms with Crippen molar-refractivity contribution in [2.45, 2.75) is 6.54 Å². The Hall–Kier alpha value is -4.13. The Balaban J connectivity index is 1.63. The Morgan fingerprint density at radius 3 is 2.55 bits per heavy atom. The minimum absolute atomic E-state index is 0.265. The standard InChI is InChI=1S/C24H21N3O4/c1-27(20-10-6-7-11-21(20)31-17-8-4-3-5-9-17)15-22-25-19-14-16(24(29)30-2)12-13-18(19)23(28)26-22/h3-14H,15H2,1-2H3,(H,25,26,28). The van der Waals surface area contributed by atoms with Gasteiger partial charge in [0.15, 0.2) is 5.75 Å². The fourth-order valence-electron chi connectivity index (χ4n) is 3.29. The van der Waals surface area contributed by atoms with Gasteiger partial charge in [0, 0.05) is 7.05 Å². The smallest absolute Gasteiger partial charge is 0.337 e. The lowest BCUT2D eigenvalue weighted by Crippen LogP contribution is -2.22. The number of aromatic nitrogens is 2. The second-order valence-electron chi connectivity index (χ2n) is 6.98. The maximum atomic E-state index is 12.5. The second-order valence-corrected chi connectivity index (χ2v) is 6.98. The summed E-state index contributed by atoms with van der Waals surface area (Å²) < 4.78 is 10.8. The maximum absolute atomic E-state index is 12.5. The van der Waals surface area contributed by atoms with Crippen LogP contribution in [-0.2, 0) is 11.3 Å². The van der Waals surface area contributed by atoms with E-state index in [4.69, 9.17) is 9.47 Å². The number of ether oxygens (including phenoxy) is 2. The van der Waals surface area contributed by atoms with Crippen LogP contribution in [0.5, 0.6) is 11.5 Å². The van der Waals surface area contributed by atoms with Crippen LogP contribution in [0.25, 0.3) is 10.9 Å². The number of H-pyrrole nitrogens is 1. The topological polar surface area (TPSA) is 84.5 Å². The quantitative estimate of drug-likeness (QED) is 0.477. The van der Waals surface area contributed by atoms with E-state index in [1.807, 2.05) is 66.5 Å². The first-order valence-electron chi connectivity index (χ1n) is 9.69. The highest BCUT2D eigenvalue weighted by Gasteiger charge is 2.13. The molecule has 31 heavy (non-hydrogen) atoms. The van der Waals surface area contributed by atoms with Gasteiger partial charge in [-0.15, -0.1) is 0 Å². The molecule has 0 aliphatic heterocycles. The van der Waals surface area contributed by atoms with E-state index in [-0.39, 0.29) is 5.56 Å². The van der Waals surface area contributed by atoms with E-state index in [0.717, 1.165) is 11.4 Å². The van der Waals surface area contributed by atoms with Gasteiger partial charge in [0.2, 0.25) is 0 Å². The molecule has 0 aliphatic carbocycles. The molecule has 0 atom stereocenters. The number of carbonyl (C=O) groups is 1. The number of benzene rings is 3. The van der Waals surface area contributed by atoms with Crippen molar-refractivity contribution < 1.29 is 14.3 Å². The summed E-state index contributed by atoms with van der Waals surface area (Å²) in [7, 11) is 3.20. The summed E-state index contributed by atoms with van der Waals surface area (Å²) in [6.45, 7) is 0.336. The zero-order valence-corrected chi connectivity index (χ0v) is 17.2. The SMILES string of the molecule is COC(=O)c1ccc2c(=O)[nH]c(CN(C)c3ccccc3Oc3ccccc3)nc2c1. The van der Waals surface area contributed by atoms with E-state index in [9.17, 15) is 9.59 Å². The molecular weight excluding hydrogens is 394 g/mol. The zero-order valence-electron chi connectivity index (χ0n) is 17.2. The summed E-state index contributed by atoms with van der Waals surface area (Å²) in [5.74, 6) is 1.41. The van der Waals surface area contributed by atoms with E-state index >= 15 is 0 Å². The van der Waals surface area contributed by atoms with Crippen molar-refractivity contribution in [3.8, 4) is 11.5 Å². The first kappa shape index (κ1) is 20.2. The molecular formula is C24H21N3O4. The van der Waals surface area contributed by atoms with Crippen molar-refractivity contribution in [2.75, 3.05) is 19.1 Å². The van der Waals surface area contributed by atoms with Gasteiger partial charge in [0.1, 0.15) is 11.6 Å². The molecule has 7 heteroatoms. The molecule has 1 aromatic heterocycles. The van der Waals surface area contributed by atoms with Gasteiger partial charge in [-0.25, -0.2) is 9.78 Å². The summed E-state index contributed by atoms with van der Waals surface area (Å²) in [6, 6.07) is 21.9. The molecule has 156 valence electrons. The van der Waals surface area contributed by atoms with Gasteiger partial charge < -0.3 is 19.4 Å². The highest BCUT2D eigenvalue weighted by Crippen LogP contribution is 2.32. The molecule has 1 N–H and O–H groups in total. The largest absolute Gasteiger partial charge is 0.465 e. The Labute approximate surface area is 178 Å². The van der Waals surface area contributed by atoms with Crippen molar-refractivity contribution in [1.29, 1.82) is 0 Å². The van der Waals surface area contributed by atoms with Crippen molar-refractivity contribution in [3.05, 3.63) is 94.5 Å². The van der Waals surface area contributed by atoms with Crippen LogP contribution in [0, 0.1) is 0 Å². The number of aromatic amines is 1. The molecule has 0 saturated carbocycles. The summed E-state index contributed by atoms with van der Waals surface area (Å²) in [6.07, 6.45) is 0. The Morgan fingerprint density at radius 1 is 1.03 bits per heavy atom. The van der Waals surface area contributed by atoms with Crippen molar-refractivity contribution >= 4 is 22.6 Å². The number of fused-ring (bicyclic) bond motifs is 1. The van der Waals surface area contributed by atoms with Crippen LogP contribution >= 0.6 is 0 Å². The van der Waals surface area contributed by atoms with Crippen molar-refractivity contribution in [1.82, 2.24) is 9.97 Å². The van der Waals surface area contributed by atoms with E-state index in [1.54, 1.807) is 18.2 Å². The zero-order chi connectivity index (χ0) is 21.8. The maximum Gasteiger partial charge on any atom is 0.337 e. The summed E-state index contributed by atoms with van der Waals surface area (Å²) in [5.41, 5.74) is 1.36. The molecule has 3 aromatic carbocycles. The predicted octanol–water partition coefficient (Wildman–Crippen LogP) is 4.14. The fraction of sp³-hybridized carbons (Fsp3) is 0.125. The summed E-state index contributed by atoms with van der Waals surface area (Å²) in [5, 5.41) is 0.409. The van der Waals surface area contributed by atoms with Crippen LogP contribution in [-0.4, -0.2) is 30.1 Å². The number of anilines is 1. The van der Waals surface area contributed by atoms with Crippen LogP contribution in [0.1, 0.15) is 16.2 Å². The molecule has 0 aliphatic rings. The predicted molar refractivity (Wildman–Crippen MR) is 119 cm³/mol. The minimum Gasteiger partial charge on any atom is -0.465 e. The Morgan fingerprint density at radius 2 is 1.77 bits per heavy atom. The van der Waals surface area contributed by atoms with Crippen LogP contribution in [0.15, 0.2) is 77.6 Å². The molecule has 0 unspecified atom stereocenters. The molecule has 0 fully saturated rings. The van der Waals surface area contributed by atoms with E-state index in [0.29, 0.717) is 34.6 Å². The van der Waals surface area contributed by atoms with Gasteiger partial charge in [-0.3, -0.25) is 4.79 Å². The average molecular weight is 415 g/mol. The van der Waals surface area contributed by atoms with Gasteiger partial charge in [-0.1, -0.05) is 30.3 Å². The van der Waals surface area contributed by atoms with E-state index < -0.39 is 5.97 Å². The first-order chi connectivity index (χ1) is 15.0. The third-order valence-electron chi connectivity index (χ3n) is 4.81. The fourth-order valence-corrected chi connectivity index (χ4v) is 3.29.